The molecule has 0 aliphatic heterocycles. The van der Waals surface area contributed by atoms with E-state index in [2.05, 4.69) is 24.4 Å². The predicted octanol–water partition coefficient (Wildman–Crippen LogP) is 2.34. The number of nitrogens with one attached hydrogen (secondary N) is 1. The molecule has 0 saturated heterocycles. The maximum absolute atomic E-state index is 9.82. The van der Waals surface area contributed by atoms with Gasteiger partial charge >= 0.3 is 0 Å². The molecule has 0 amide bonds. The molecule has 17 heavy (non-hydrogen) atoms. The van der Waals surface area contributed by atoms with Crippen molar-refractivity contribution in [3.63, 3.8) is 0 Å². The topological polar surface area (TPSA) is 32.3 Å². The fourth-order valence-electron chi connectivity index (χ4n) is 4.14. The molecule has 2 N–H and O–H groups in total. The molecule has 2 nitrogen and oxygen atoms in total. The van der Waals surface area contributed by atoms with Crippen molar-refractivity contribution >= 4 is 0 Å². The lowest BCUT2D eigenvalue weighted by atomic mass is 9.87. The molecule has 6 atom stereocenters. The van der Waals surface area contributed by atoms with E-state index in [1.54, 1.807) is 0 Å². The van der Waals surface area contributed by atoms with E-state index in [0.29, 0.717) is 12.0 Å². The fraction of sp³-hybridized carbons (Fsp3) is 0.867. The minimum absolute atomic E-state index is 0.0466. The normalized spacial score (nSPS) is 45.6. The third kappa shape index (κ3) is 2.30. The van der Waals surface area contributed by atoms with E-state index in [-0.39, 0.29) is 6.10 Å². The molecular weight excluding hydrogens is 210 g/mol. The maximum atomic E-state index is 9.82. The van der Waals surface area contributed by atoms with Crippen LogP contribution in [0.1, 0.15) is 39.0 Å². The van der Waals surface area contributed by atoms with Crippen molar-refractivity contribution in [2.24, 2.45) is 23.7 Å². The summed E-state index contributed by atoms with van der Waals surface area (Å²) in [7, 11) is 0. The molecule has 0 aromatic rings. The van der Waals surface area contributed by atoms with E-state index < -0.39 is 0 Å². The summed E-state index contributed by atoms with van der Waals surface area (Å²) in [5, 5.41) is 13.5. The lowest BCUT2D eigenvalue weighted by Crippen LogP contribution is -2.39. The van der Waals surface area contributed by atoms with Gasteiger partial charge in [-0.05, 0) is 56.3 Å². The zero-order valence-corrected chi connectivity index (χ0v) is 10.8. The molecular formula is C15H25NO. The second-order valence-corrected chi connectivity index (χ2v) is 6.40. The average molecular weight is 235 g/mol. The van der Waals surface area contributed by atoms with Crippen LogP contribution in [0.4, 0.5) is 0 Å². The molecule has 2 bridgehead atoms. The largest absolute Gasteiger partial charge is 0.393 e. The van der Waals surface area contributed by atoms with Crippen LogP contribution >= 0.6 is 0 Å². The molecule has 0 heterocycles. The molecule has 0 aromatic heterocycles. The summed E-state index contributed by atoms with van der Waals surface area (Å²) < 4.78 is 0. The zero-order chi connectivity index (χ0) is 11.8. The van der Waals surface area contributed by atoms with Gasteiger partial charge in [-0.15, -0.1) is 0 Å². The summed E-state index contributed by atoms with van der Waals surface area (Å²) in [5.74, 6) is 3.04. The number of fused-ring (bicyclic) bond motifs is 2. The number of aliphatic hydroxyl groups is 1. The van der Waals surface area contributed by atoms with E-state index in [1.807, 2.05) is 0 Å². The molecule has 0 radical (unpaired) electrons. The second kappa shape index (κ2) is 4.74. The summed E-state index contributed by atoms with van der Waals surface area (Å²) in [5.41, 5.74) is 0. The van der Waals surface area contributed by atoms with E-state index in [4.69, 9.17) is 0 Å². The van der Waals surface area contributed by atoms with Crippen LogP contribution in [0.2, 0.25) is 0 Å². The van der Waals surface area contributed by atoms with Crippen LogP contribution in [0.5, 0.6) is 0 Å². The highest BCUT2D eigenvalue weighted by atomic mass is 16.3. The minimum atomic E-state index is -0.0466. The van der Waals surface area contributed by atoms with Crippen LogP contribution in [0.15, 0.2) is 12.2 Å². The van der Waals surface area contributed by atoms with Crippen LogP contribution in [-0.4, -0.2) is 23.8 Å². The molecule has 3 rings (SSSR count). The van der Waals surface area contributed by atoms with E-state index in [0.717, 1.165) is 30.7 Å². The van der Waals surface area contributed by atoms with Gasteiger partial charge in [0.1, 0.15) is 0 Å². The maximum Gasteiger partial charge on any atom is 0.0580 e. The average Bonchev–Trinajstić information content (AvgIpc) is 3.01. The number of allylic oxidation sites excluding steroid dienone is 2. The molecule has 6 unspecified atom stereocenters. The van der Waals surface area contributed by atoms with Crippen molar-refractivity contribution in [3.05, 3.63) is 12.2 Å². The Bertz CT molecular complexity index is 301. The van der Waals surface area contributed by atoms with Gasteiger partial charge in [0.05, 0.1) is 6.10 Å². The molecule has 2 fully saturated rings. The molecule has 0 aromatic carbocycles. The first-order valence-electron chi connectivity index (χ1n) is 7.34. The van der Waals surface area contributed by atoms with Gasteiger partial charge in [-0.1, -0.05) is 18.6 Å². The highest BCUT2D eigenvalue weighted by molar-refractivity contribution is 5.11. The molecule has 0 spiro atoms. The van der Waals surface area contributed by atoms with Crippen molar-refractivity contribution in [3.8, 4) is 0 Å². The van der Waals surface area contributed by atoms with Crippen molar-refractivity contribution in [1.29, 1.82) is 0 Å². The van der Waals surface area contributed by atoms with Gasteiger partial charge in [-0.3, -0.25) is 0 Å². The van der Waals surface area contributed by atoms with Gasteiger partial charge in [0.2, 0.25) is 0 Å². The molecule has 2 heteroatoms. The summed E-state index contributed by atoms with van der Waals surface area (Å²) in [6, 6.07) is 0.614. The van der Waals surface area contributed by atoms with Gasteiger partial charge in [-0.25, -0.2) is 0 Å². The van der Waals surface area contributed by atoms with Crippen LogP contribution in [0.25, 0.3) is 0 Å². The Balaban J connectivity index is 1.47. The smallest absolute Gasteiger partial charge is 0.0580 e. The zero-order valence-electron chi connectivity index (χ0n) is 10.8. The molecule has 96 valence electrons. The Morgan fingerprint density at radius 3 is 2.76 bits per heavy atom. The van der Waals surface area contributed by atoms with Crippen molar-refractivity contribution in [2.75, 3.05) is 6.54 Å². The summed E-state index contributed by atoms with van der Waals surface area (Å²) in [6.07, 6.45) is 11.0. The molecule has 3 aliphatic rings. The standard InChI is InChI=1S/C15H25NO/c1-10(14-8-11-5-6-12(14)7-11)16-9-13-3-2-4-15(13)17/h5-6,10-17H,2-4,7-9H2,1H3. The van der Waals surface area contributed by atoms with E-state index in [1.165, 1.54) is 25.7 Å². The Morgan fingerprint density at radius 1 is 1.29 bits per heavy atom. The van der Waals surface area contributed by atoms with Gasteiger partial charge in [0.25, 0.3) is 0 Å². The number of hydrogen-bond acceptors (Lipinski definition) is 2. The highest BCUT2D eigenvalue weighted by Crippen LogP contribution is 2.44. The first-order valence-corrected chi connectivity index (χ1v) is 7.34. The Morgan fingerprint density at radius 2 is 2.18 bits per heavy atom. The van der Waals surface area contributed by atoms with Crippen LogP contribution < -0.4 is 5.32 Å². The Labute approximate surface area is 104 Å². The van der Waals surface area contributed by atoms with Crippen molar-refractivity contribution in [1.82, 2.24) is 5.32 Å². The quantitative estimate of drug-likeness (QED) is 0.733. The SMILES string of the molecule is CC(NCC1CCCC1O)C1CC2C=CC1C2. The highest BCUT2D eigenvalue weighted by Gasteiger charge is 2.38. The number of aliphatic hydroxyl groups excluding tert-OH is 1. The van der Waals surface area contributed by atoms with Gasteiger partial charge in [0.15, 0.2) is 0 Å². The third-order valence-electron chi connectivity index (χ3n) is 5.29. The fourth-order valence-corrected chi connectivity index (χ4v) is 4.14. The van der Waals surface area contributed by atoms with E-state index >= 15 is 0 Å². The summed E-state index contributed by atoms with van der Waals surface area (Å²) >= 11 is 0. The lowest BCUT2D eigenvalue weighted by molar-refractivity contribution is 0.127. The van der Waals surface area contributed by atoms with E-state index in [9.17, 15) is 5.11 Å². The first kappa shape index (κ1) is 11.7. The Kier molecular flexibility index (Phi) is 3.27. The number of rotatable bonds is 4. The third-order valence-corrected chi connectivity index (χ3v) is 5.29. The van der Waals surface area contributed by atoms with Crippen molar-refractivity contribution in [2.45, 2.75) is 51.2 Å². The second-order valence-electron chi connectivity index (χ2n) is 6.40. The summed E-state index contributed by atoms with van der Waals surface area (Å²) in [6.45, 7) is 3.35. The minimum Gasteiger partial charge on any atom is -0.393 e. The van der Waals surface area contributed by atoms with Gasteiger partial charge < -0.3 is 10.4 Å². The van der Waals surface area contributed by atoms with Crippen LogP contribution in [-0.2, 0) is 0 Å². The predicted molar refractivity (Wildman–Crippen MR) is 69.7 cm³/mol. The monoisotopic (exact) mass is 235 g/mol. The molecule has 2 saturated carbocycles. The van der Waals surface area contributed by atoms with Gasteiger partial charge in [-0.2, -0.15) is 0 Å². The lowest BCUT2D eigenvalue weighted by Gasteiger charge is -2.28. The van der Waals surface area contributed by atoms with Crippen molar-refractivity contribution < 1.29 is 5.11 Å². The van der Waals surface area contributed by atoms with Gasteiger partial charge in [0, 0.05) is 12.6 Å². The van der Waals surface area contributed by atoms with Crippen LogP contribution in [0.3, 0.4) is 0 Å². The van der Waals surface area contributed by atoms with Crippen LogP contribution in [0, 0.1) is 23.7 Å². The Hall–Kier alpha value is -0.340. The first-order chi connectivity index (χ1) is 8.24. The number of hydrogen-bond donors (Lipinski definition) is 2. The molecule has 3 aliphatic carbocycles. The summed E-state index contributed by atoms with van der Waals surface area (Å²) in [4.78, 5) is 0.